The summed E-state index contributed by atoms with van der Waals surface area (Å²) in [4.78, 5) is 25.6. The van der Waals surface area contributed by atoms with Crippen molar-refractivity contribution in [3.05, 3.63) is 94.7 Å². The lowest BCUT2D eigenvalue weighted by molar-refractivity contribution is 0.1000. The SMILES string of the molecule is CC(=O)c1c(C)oc2ccc(N(C(=O)c3ccc(Cl)cc3)S(=O)(=O)c3ccccc3)cc12. The first-order valence-electron chi connectivity index (χ1n) is 9.64. The lowest BCUT2D eigenvalue weighted by Crippen LogP contribution is -2.37. The fourth-order valence-corrected chi connectivity index (χ4v) is 5.10. The van der Waals surface area contributed by atoms with E-state index in [0.29, 0.717) is 27.3 Å². The van der Waals surface area contributed by atoms with E-state index in [1.54, 1.807) is 31.2 Å². The molecule has 0 fully saturated rings. The van der Waals surface area contributed by atoms with E-state index in [1.807, 2.05) is 0 Å². The Morgan fingerprint density at radius 3 is 2.22 bits per heavy atom. The van der Waals surface area contributed by atoms with Crippen LogP contribution >= 0.6 is 11.6 Å². The summed E-state index contributed by atoms with van der Waals surface area (Å²) >= 11 is 5.93. The van der Waals surface area contributed by atoms with Crippen LogP contribution in [0.4, 0.5) is 5.69 Å². The van der Waals surface area contributed by atoms with Crippen molar-refractivity contribution in [2.75, 3.05) is 4.31 Å². The number of nitrogens with zero attached hydrogens (tertiary/aromatic N) is 1. The molecule has 4 aromatic rings. The molecule has 0 atom stereocenters. The number of amides is 1. The Morgan fingerprint density at radius 1 is 0.938 bits per heavy atom. The van der Waals surface area contributed by atoms with Gasteiger partial charge in [0.05, 0.1) is 16.1 Å². The number of sulfonamides is 1. The molecule has 1 amide bonds. The number of Topliss-reactive ketones (excluding diaryl/α,β-unsaturated/α-hetero) is 1. The molecule has 8 heteroatoms. The van der Waals surface area contributed by atoms with Gasteiger partial charge < -0.3 is 4.42 Å². The molecule has 0 aliphatic carbocycles. The second-order valence-electron chi connectivity index (χ2n) is 7.16. The highest BCUT2D eigenvalue weighted by Crippen LogP contribution is 2.33. The van der Waals surface area contributed by atoms with Gasteiger partial charge in [-0.1, -0.05) is 29.8 Å². The van der Waals surface area contributed by atoms with Crippen molar-refractivity contribution in [3.8, 4) is 0 Å². The zero-order valence-corrected chi connectivity index (χ0v) is 18.8. The average molecular weight is 468 g/mol. The molecule has 162 valence electrons. The van der Waals surface area contributed by atoms with Gasteiger partial charge in [0.1, 0.15) is 11.3 Å². The summed E-state index contributed by atoms with van der Waals surface area (Å²) in [6.07, 6.45) is 0. The monoisotopic (exact) mass is 467 g/mol. The largest absolute Gasteiger partial charge is 0.461 e. The van der Waals surface area contributed by atoms with Crippen molar-refractivity contribution in [1.29, 1.82) is 0 Å². The Labute approximate surface area is 190 Å². The van der Waals surface area contributed by atoms with Gasteiger partial charge in [0.2, 0.25) is 0 Å². The summed E-state index contributed by atoms with van der Waals surface area (Å²) in [5.74, 6) is -0.555. The summed E-state index contributed by atoms with van der Waals surface area (Å²) < 4.78 is 33.5. The Morgan fingerprint density at radius 2 is 1.59 bits per heavy atom. The number of aryl methyl sites for hydroxylation is 1. The normalized spacial score (nSPS) is 11.5. The van der Waals surface area contributed by atoms with Crippen LogP contribution in [0, 0.1) is 6.92 Å². The molecular formula is C24H18ClNO5S. The lowest BCUT2D eigenvalue weighted by Gasteiger charge is -2.23. The fourth-order valence-electron chi connectivity index (χ4n) is 3.54. The van der Waals surface area contributed by atoms with Crippen molar-refractivity contribution in [1.82, 2.24) is 0 Å². The van der Waals surface area contributed by atoms with E-state index in [0.717, 1.165) is 4.31 Å². The first-order chi connectivity index (χ1) is 15.2. The van der Waals surface area contributed by atoms with E-state index in [4.69, 9.17) is 16.0 Å². The topological polar surface area (TPSA) is 84.7 Å². The third-order valence-electron chi connectivity index (χ3n) is 4.99. The van der Waals surface area contributed by atoms with Gasteiger partial charge in [-0.3, -0.25) is 9.59 Å². The molecule has 6 nitrogen and oxygen atoms in total. The van der Waals surface area contributed by atoms with Gasteiger partial charge in [-0.15, -0.1) is 0 Å². The van der Waals surface area contributed by atoms with Crippen molar-refractivity contribution in [2.24, 2.45) is 0 Å². The first kappa shape index (κ1) is 21.8. The van der Waals surface area contributed by atoms with E-state index < -0.39 is 15.9 Å². The summed E-state index contributed by atoms with van der Waals surface area (Å²) in [6.45, 7) is 3.06. The number of carbonyl (C=O) groups is 2. The minimum atomic E-state index is -4.27. The van der Waals surface area contributed by atoms with E-state index in [2.05, 4.69) is 0 Å². The summed E-state index contributed by atoms with van der Waals surface area (Å²) in [7, 11) is -4.27. The summed E-state index contributed by atoms with van der Waals surface area (Å²) in [5.41, 5.74) is 0.999. The van der Waals surface area contributed by atoms with E-state index in [1.165, 1.54) is 55.5 Å². The third-order valence-corrected chi connectivity index (χ3v) is 6.97. The van der Waals surface area contributed by atoms with Gasteiger partial charge in [-0.2, -0.15) is 4.31 Å². The van der Waals surface area contributed by atoms with E-state index in [-0.39, 0.29) is 21.9 Å². The molecule has 3 aromatic carbocycles. The Balaban J connectivity index is 1.95. The number of rotatable bonds is 5. The molecule has 0 bridgehead atoms. The Hall–Kier alpha value is -3.42. The number of anilines is 1. The maximum Gasteiger partial charge on any atom is 0.272 e. The van der Waals surface area contributed by atoms with Crippen LogP contribution < -0.4 is 4.31 Å². The van der Waals surface area contributed by atoms with Crippen LogP contribution in [0.5, 0.6) is 0 Å². The molecule has 0 aliphatic rings. The highest BCUT2D eigenvalue weighted by Gasteiger charge is 2.32. The molecule has 0 radical (unpaired) electrons. The lowest BCUT2D eigenvalue weighted by atomic mass is 10.1. The second-order valence-corrected chi connectivity index (χ2v) is 9.39. The predicted octanol–water partition coefficient (Wildman–Crippen LogP) is 5.63. The predicted molar refractivity (Wildman–Crippen MR) is 123 cm³/mol. The number of benzene rings is 3. The first-order valence-corrected chi connectivity index (χ1v) is 11.5. The van der Waals surface area contributed by atoms with Crippen LogP contribution in [0.25, 0.3) is 11.0 Å². The number of hydrogen-bond acceptors (Lipinski definition) is 5. The number of ketones is 1. The van der Waals surface area contributed by atoms with Gasteiger partial charge in [-0.25, -0.2) is 8.42 Å². The maximum absolute atomic E-state index is 13.6. The van der Waals surface area contributed by atoms with Gasteiger partial charge in [0.15, 0.2) is 5.78 Å². The zero-order chi connectivity index (χ0) is 23.0. The fraction of sp³-hybridized carbons (Fsp3) is 0.0833. The zero-order valence-electron chi connectivity index (χ0n) is 17.2. The summed E-state index contributed by atoms with van der Waals surface area (Å²) in [6, 6.07) is 18.1. The van der Waals surface area contributed by atoms with Crippen LogP contribution in [-0.2, 0) is 10.0 Å². The Bertz CT molecular complexity index is 1440. The molecule has 0 saturated carbocycles. The molecule has 0 aliphatic heterocycles. The second kappa shape index (κ2) is 8.26. The molecule has 1 heterocycles. The quantitative estimate of drug-likeness (QED) is 0.355. The van der Waals surface area contributed by atoms with Crippen LogP contribution in [-0.4, -0.2) is 20.1 Å². The van der Waals surface area contributed by atoms with Crippen molar-refractivity contribution in [3.63, 3.8) is 0 Å². The molecule has 4 rings (SSSR count). The van der Waals surface area contributed by atoms with Crippen molar-refractivity contribution < 1.29 is 22.4 Å². The van der Waals surface area contributed by atoms with Crippen molar-refractivity contribution >= 4 is 50.0 Å². The number of fused-ring (bicyclic) bond motifs is 1. The molecule has 0 spiro atoms. The number of halogens is 1. The van der Waals surface area contributed by atoms with Crippen LogP contribution in [0.2, 0.25) is 5.02 Å². The highest BCUT2D eigenvalue weighted by atomic mass is 35.5. The highest BCUT2D eigenvalue weighted by molar-refractivity contribution is 7.93. The average Bonchev–Trinajstić information content (AvgIpc) is 3.10. The maximum atomic E-state index is 13.6. The molecule has 1 aromatic heterocycles. The molecule has 0 unspecified atom stereocenters. The van der Waals surface area contributed by atoms with Gasteiger partial charge in [0.25, 0.3) is 15.9 Å². The van der Waals surface area contributed by atoms with Crippen LogP contribution in [0.15, 0.2) is 82.1 Å². The van der Waals surface area contributed by atoms with Crippen molar-refractivity contribution in [2.45, 2.75) is 18.7 Å². The molecule has 0 saturated heterocycles. The number of hydrogen-bond donors (Lipinski definition) is 0. The molecular weight excluding hydrogens is 450 g/mol. The van der Waals surface area contributed by atoms with Gasteiger partial charge >= 0.3 is 0 Å². The standard InChI is InChI=1S/C24H18ClNO5S/c1-15(27)23-16(2)31-22-13-12-19(14-21(22)23)26(24(28)17-8-10-18(25)11-9-17)32(29,30)20-6-4-3-5-7-20/h3-14H,1-2H3. The number of furan rings is 1. The molecule has 32 heavy (non-hydrogen) atoms. The van der Waals surface area contributed by atoms with Gasteiger partial charge in [0, 0.05) is 16.0 Å². The smallest absolute Gasteiger partial charge is 0.272 e. The molecule has 0 N–H and O–H groups in total. The minimum Gasteiger partial charge on any atom is -0.461 e. The van der Waals surface area contributed by atoms with E-state index in [9.17, 15) is 18.0 Å². The van der Waals surface area contributed by atoms with Crippen LogP contribution in [0.3, 0.4) is 0 Å². The third kappa shape index (κ3) is 3.81. The Kier molecular flexibility index (Phi) is 5.62. The van der Waals surface area contributed by atoms with Gasteiger partial charge in [-0.05, 0) is 68.4 Å². The van der Waals surface area contributed by atoms with E-state index >= 15 is 0 Å². The number of carbonyl (C=O) groups excluding carboxylic acids is 2. The van der Waals surface area contributed by atoms with Crippen LogP contribution in [0.1, 0.15) is 33.4 Å². The summed E-state index contributed by atoms with van der Waals surface area (Å²) in [5, 5.41) is 0.852. The minimum absolute atomic E-state index is 0.0439.